The fraction of sp³-hybridized carbons (Fsp3) is 0.162. The standard InChI is InChI=1S/C74H63BN4O3/c1-72(2,3)51-27-31-60-64(42-51)81-66-40-50(41-67-69(66)75(60)61-32-28-52(73(4,5)6)43-65(61)82-67)48-26-33-62-59(39-48)58-30-29-55(45-63(58)79(62)68-44-53(34-35-76-68)74(7,8)9)80-54-23-16-22-49(38-54)71-77-36-37-78(71)70-56(46-18-12-10-13-19-46)24-17-25-57(70)47-20-14-11-15-21-47/h10-45H,1-9H3. The first-order chi connectivity index (χ1) is 39.5. The van der Waals surface area contributed by atoms with Gasteiger partial charge in [0.15, 0.2) is 0 Å². The molecule has 0 saturated carbocycles. The molecular weight excluding hydrogens is 1000 g/mol. The molecule has 0 saturated heterocycles. The number of aromatic nitrogens is 4. The topological polar surface area (TPSA) is 63.3 Å². The minimum absolute atomic E-state index is 0.0379. The summed E-state index contributed by atoms with van der Waals surface area (Å²) in [5.74, 6) is 6.46. The van der Waals surface area contributed by atoms with Crippen LogP contribution in [0.4, 0.5) is 0 Å². The fourth-order valence-electron chi connectivity index (χ4n) is 12.1. The molecule has 0 fully saturated rings. The molecule has 0 aliphatic carbocycles. The normalized spacial score (nSPS) is 12.9. The second kappa shape index (κ2) is 19.1. The minimum Gasteiger partial charge on any atom is -0.458 e. The summed E-state index contributed by atoms with van der Waals surface area (Å²) in [4.78, 5) is 10.1. The summed E-state index contributed by atoms with van der Waals surface area (Å²) in [6, 6.07) is 71.3. The summed E-state index contributed by atoms with van der Waals surface area (Å²) >= 11 is 0. The highest BCUT2D eigenvalue weighted by atomic mass is 16.5. The van der Waals surface area contributed by atoms with Crippen LogP contribution < -0.4 is 30.6 Å². The van der Waals surface area contributed by atoms with Crippen LogP contribution in [0.25, 0.3) is 78.1 Å². The lowest BCUT2D eigenvalue weighted by Crippen LogP contribution is -2.57. The van der Waals surface area contributed by atoms with Crippen molar-refractivity contribution >= 4 is 44.9 Å². The fourth-order valence-corrected chi connectivity index (χ4v) is 12.1. The molecule has 3 aromatic heterocycles. The first kappa shape index (κ1) is 50.8. The van der Waals surface area contributed by atoms with Gasteiger partial charge in [-0.05, 0) is 139 Å². The highest BCUT2D eigenvalue weighted by Crippen LogP contribution is 2.44. The van der Waals surface area contributed by atoms with Gasteiger partial charge in [0, 0.05) is 57.6 Å². The van der Waals surface area contributed by atoms with Crippen LogP contribution in [0.3, 0.4) is 0 Å². The largest absolute Gasteiger partial charge is 0.458 e. The first-order valence-corrected chi connectivity index (χ1v) is 28.5. The molecule has 0 atom stereocenters. The summed E-state index contributed by atoms with van der Waals surface area (Å²) in [7, 11) is 0. The molecule has 0 radical (unpaired) electrons. The van der Waals surface area contributed by atoms with Gasteiger partial charge in [-0.15, -0.1) is 0 Å². The number of rotatable bonds is 8. The summed E-state index contributed by atoms with van der Waals surface area (Å²) in [6.07, 6.45) is 5.86. The van der Waals surface area contributed by atoms with Crippen molar-refractivity contribution in [2.45, 2.75) is 78.6 Å². The quantitative estimate of drug-likeness (QED) is 0.142. The number of benzene rings is 9. The number of imidazole rings is 1. The number of fused-ring (bicyclic) bond motifs is 7. The van der Waals surface area contributed by atoms with E-state index in [0.717, 1.165) is 117 Å². The third-order valence-electron chi connectivity index (χ3n) is 16.5. The Kier molecular flexibility index (Phi) is 11.9. The van der Waals surface area contributed by atoms with Gasteiger partial charge in [-0.3, -0.25) is 9.13 Å². The highest BCUT2D eigenvalue weighted by Gasteiger charge is 2.41. The zero-order chi connectivity index (χ0) is 56.2. The van der Waals surface area contributed by atoms with Gasteiger partial charge in [-0.1, -0.05) is 184 Å². The average molecular weight is 1070 g/mol. The molecule has 0 bridgehead atoms. The number of para-hydroxylation sites is 1. The van der Waals surface area contributed by atoms with E-state index in [1.165, 1.54) is 16.7 Å². The molecule has 7 nitrogen and oxygen atoms in total. The van der Waals surface area contributed by atoms with Crippen molar-refractivity contribution in [1.82, 2.24) is 19.1 Å². The Morgan fingerprint density at radius 1 is 0.415 bits per heavy atom. The van der Waals surface area contributed by atoms with E-state index in [2.05, 4.69) is 266 Å². The number of nitrogens with zero attached hydrogens (tertiary/aromatic N) is 4. The van der Waals surface area contributed by atoms with Gasteiger partial charge in [-0.25, -0.2) is 9.97 Å². The Morgan fingerprint density at radius 2 is 1.00 bits per heavy atom. The van der Waals surface area contributed by atoms with Crippen molar-refractivity contribution in [1.29, 1.82) is 0 Å². The number of pyridine rings is 1. The van der Waals surface area contributed by atoms with E-state index in [1.54, 1.807) is 0 Å². The zero-order valence-corrected chi connectivity index (χ0v) is 47.9. The van der Waals surface area contributed by atoms with E-state index in [9.17, 15) is 0 Å². The van der Waals surface area contributed by atoms with Crippen LogP contribution in [0, 0.1) is 0 Å². The van der Waals surface area contributed by atoms with E-state index >= 15 is 0 Å². The molecule has 5 heterocycles. The second-order valence-electron chi connectivity index (χ2n) is 25.1. The molecule has 0 N–H and O–H groups in total. The van der Waals surface area contributed by atoms with Crippen molar-refractivity contribution < 1.29 is 14.2 Å². The third kappa shape index (κ3) is 8.85. The van der Waals surface area contributed by atoms with Gasteiger partial charge < -0.3 is 14.2 Å². The Morgan fingerprint density at radius 3 is 1.62 bits per heavy atom. The van der Waals surface area contributed by atoms with Crippen molar-refractivity contribution in [2.75, 3.05) is 0 Å². The molecule has 82 heavy (non-hydrogen) atoms. The molecule has 8 heteroatoms. The number of hydrogen-bond acceptors (Lipinski definition) is 5. The van der Waals surface area contributed by atoms with Gasteiger partial charge in [0.1, 0.15) is 46.1 Å². The lowest BCUT2D eigenvalue weighted by atomic mass is 9.34. The predicted molar refractivity (Wildman–Crippen MR) is 338 cm³/mol. The molecule has 0 spiro atoms. The van der Waals surface area contributed by atoms with Crippen molar-refractivity contribution in [3.8, 4) is 90.8 Å². The van der Waals surface area contributed by atoms with Crippen molar-refractivity contribution in [3.63, 3.8) is 0 Å². The summed E-state index contributed by atoms with van der Waals surface area (Å²) < 4.78 is 25.4. The Labute approximate surface area is 480 Å². The molecule has 2 aliphatic heterocycles. The van der Waals surface area contributed by atoms with Gasteiger partial charge in [-0.2, -0.15) is 0 Å². The van der Waals surface area contributed by atoms with Crippen molar-refractivity contribution in [3.05, 3.63) is 235 Å². The van der Waals surface area contributed by atoms with Crippen LogP contribution >= 0.6 is 0 Å². The Balaban J connectivity index is 0.875. The highest BCUT2D eigenvalue weighted by molar-refractivity contribution is 6.98. The maximum atomic E-state index is 7.02. The summed E-state index contributed by atoms with van der Waals surface area (Å²) in [6.45, 7) is 20.2. The lowest BCUT2D eigenvalue weighted by Gasteiger charge is -2.35. The maximum Gasteiger partial charge on any atom is 0.260 e. The minimum atomic E-state index is -0.0934. The summed E-state index contributed by atoms with van der Waals surface area (Å²) in [5, 5.41) is 2.17. The van der Waals surface area contributed by atoms with E-state index in [0.29, 0.717) is 11.5 Å². The monoisotopic (exact) mass is 1070 g/mol. The Bertz CT molecular complexity index is 4350. The van der Waals surface area contributed by atoms with Gasteiger partial charge in [0.25, 0.3) is 6.71 Å². The predicted octanol–water partition coefficient (Wildman–Crippen LogP) is 17.4. The van der Waals surface area contributed by atoms with Crippen molar-refractivity contribution in [2.24, 2.45) is 0 Å². The lowest BCUT2D eigenvalue weighted by molar-refractivity contribution is 0.461. The Hall–Kier alpha value is -9.40. The molecule has 400 valence electrons. The van der Waals surface area contributed by atoms with Crippen LogP contribution in [0.2, 0.25) is 0 Å². The molecular formula is C74H63BN4O3. The SMILES string of the molecule is CC(C)(C)c1ccnc(-n2c3ccc(-c4cc5c6c(c4)Oc4cc(C(C)(C)C)ccc4B6c4ccc(C(C)(C)C)cc4O5)cc3c3ccc(Oc4cccc(-c5nccn5-c5c(-c6ccccc6)cccc5-c5ccccc5)c4)cc32)c1. The first-order valence-electron chi connectivity index (χ1n) is 28.5. The number of hydrogen-bond donors (Lipinski definition) is 0. The van der Waals surface area contributed by atoms with Gasteiger partial charge in [0.2, 0.25) is 0 Å². The van der Waals surface area contributed by atoms with Crippen LogP contribution in [0.1, 0.15) is 79.0 Å². The average Bonchev–Trinajstić information content (AvgIpc) is 4.23. The molecule has 9 aromatic carbocycles. The maximum absolute atomic E-state index is 7.02. The molecule has 0 unspecified atom stereocenters. The molecule has 14 rings (SSSR count). The zero-order valence-electron chi connectivity index (χ0n) is 47.9. The summed E-state index contributed by atoms with van der Waals surface area (Å²) in [5.41, 5.74) is 17.4. The van der Waals surface area contributed by atoms with Gasteiger partial charge >= 0.3 is 0 Å². The van der Waals surface area contributed by atoms with Gasteiger partial charge in [0.05, 0.1) is 16.7 Å². The van der Waals surface area contributed by atoms with Crippen LogP contribution in [-0.4, -0.2) is 25.8 Å². The smallest absolute Gasteiger partial charge is 0.260 e. The third-order valence-corrected chi connectivity index (χ3v) is 16.5. The van der Waals surface area contributed by atoms with Crippen LogP contribution in [-0.2, 0) is 16.2 Å². The van der Waals surface area contributed by atoms with E-state index in [4.69, 9.17) is 24.2 Å². The van der Waals surface area contributed by atoms with Crippen LogP contribution in [0.15, 0.2) is 219 Å². The van der Waals surface area contributed by atoms with E-state index in [-0.39, 0.29) is 23.0 Å². The number of ether oxygens (including phenoxy) is 3. The second-order valence-corrected chi connectivity index (χ2v) is 25.1. The van der Waals surface area contributed by atoms with E-state index < -0.39 is 0 Å². The molecule has 0 amide bonds. The molecule has 12 aromatic rings. The van der Waals surface area contributed by atoms with E-state index in [1.807, 2.05) is 24.5 Å². The van der Waals surface area contributed by atoms with Crippen LogP contribution in [0.5, 0.6) is 34.5 Å². The molecule has 2 aliphatic rings.